The molecule has 1 aromatic rings. The van der Waals surface area contributed by atoms with Crippen LogP contribution in [0.3, 0.4) is 0 Å². The predicted octanol–water partition coefficient (Wildman–Crippen LogP) is 2.00. The zero-order valence-corrected chi connectivity index (χ0v) is 13.2. The van der Waals surface area contributed by atoms with E-state index in [2.05, 4.69) is 0 Å². The highest BCUT2D eigenvalue weighted by Gasteiger charge is 2.17. The second kappa shape index (κ2) is 8.26. The molecule has 6 nitrogen and oxygen atoms in total. The molecule has 122 valence electrons. The first kappa shape index (κ1) is 17.8. The molecule has 1 amide bonds. The summed E-state index contributed by atoms with van der Waals surface area (Å²) in [4.78, 5) is 24.6. The Kier molecular flexibility index (Phi) is 6.69. The van der Waals surface area contributed by atoms with Crippen LogP contribution in [0.4, 0.5) is 0 Å². The molecule has 0 aromatic heterocycles. The van der Waals surface area contributed by atoms with Crippen LogP contribution in [0.5, 0.6) is 11.5 Å². The number of amides is 1. The van der Waals surface area contributed by atoms with Crippen LogP contribution < -0.4 is 0 Å². The molecule has 2 N–H and O–H groups in total. The number of phenolic OH excluding ortho intramolecular Hbond substituents is 2. The maximum Gasteiger partial charge on any atom is 0.325 e. The second-order valence-corrected chi connectivity index (χ2v) is 5.24. The van der Waals surface area contributed by atoms with Gasteiger partial charge in [0.05, 0.1) is 6.61 Å². The highest BCUT2D eigenvalue weighted by Crippen LogP contribution is 2.31. The molecule has 6 heteroatoms. The van der Waals surface area contributed by atoms with Gasteiger partial charge in [-0.05, 0) is 30.9 Å². The van der Waals surface area contributed by atoms with Gasteiger partial charge in [0, 0.05) is 19.5 Å². The minimum Gasteiger partial charge on any atom is -0.508 e. The van der Waals surface area contributed by atoms with E-state index in [1.807, 2.05) is 6.92 Å². The molecule has 0 bridgehead atoms. The maximum atomic E-state index is 12.0. The van der Waals surface area contributed by atoms with Gasteiger partial charge in [-0.15, -0.1) is 0 Å². The molecule has 0 aliphatic carbocycles. The van der Waals surface area contributed by atoms with Crippen LogP contribution in [0.2, 0.25) is 0 Å². The smallest absolute Gasteiger partial charge is 0.325 e. The number of hydrogen-bond donors (Lipinski definition) is 2. The highest BCUT2D eigenvalue weighted by atomic mass is 16.5. The Morgan fingerprint density at radius 3 is 2.59 bits per heavy atom. The number of ether oxygens (including phenoxy) is 1. The van der Waals surface area contributed by atoms with Gasteiger partial charge in [0.25, 0.3) is 0 Å². The van der Waals surface area contributed by atoms with E-state index in [-0.39, 0.29) is 42.9 Å². The van der Waals surface area contributed by atoms with Crippen molar-refractivity contribution < 1.29 is 24.5 Å². The fraction of sp³-hybridized carbons (Fsp3) is 0.500. The van der Waals surface area contributed by atoms with Crippen LogP contribution in [0.1, 0.15) is 38.2 Å². The van der Waals surface area contributed by atoms with Crippen molar-refractivity contribution in [1.29, 1.82) is 0 Å². The maximum absolute atomic E-state index is 12.0. The SMILES string of the molecule is CCOC(=O)CN(C)C(=O)CCC(C)c1ccc(O)cc1O. The van der Waals surface area contributed by atoms with Gasteiger partial charge in [0.2, 0.25) is 5.91 Å². The molecule has 1 atom stereocenters. The number of likely N-dealkylation sites (N-methyl/N-ethyl adjacent to an activating group) is 1. The van der Waals surface area contributed by atoms with Crippen molar-refractivity contribution in [2.24, 2.45) is 0 Å². The van der Waals surface area contributed by atoms with E-state index in [0.717, 1.165) is 0 Å². The van der Waals surface area contributed by atoms with E-state index in [0.29, 0.717) is 12.0 Å². The Morgan fingerprint density at radius 1 is 1.32 bits per heavy atom. The summed E-state index contributed by atoms with van der Waals surface area (Å²) in [5.41, 5.74) is 0.679. The summed E-state index contributed by atoms with van der Waals surface area (Å²) in [5, 5.41) is 19.1. The monoisotopic (exact) mass is 309 g/mol. The Bertz CT molecular complexity index is 529. The lowest BCUT2D eigenvalue weighted by atomic mass is 9.95. The first-order valence-corrected chi connectivity index (χ1v) is 7.26. The molecular formula is C16H23NO5. The van der Waals surface area contributed by atoms with Crippen LogP contribution in [-0.4, -0.2) is 47.2 Å². The number of esters is 1. The lowest BCUT2D eigenvalue weighted by molar-refractivity contribution is -0.148. The van der Waals surface area contributed by atoms with Gasteiger partial charge in [0.15, 0.2) is 0 Å². The van der Waals surface area contributed by atoms with Crippen molar-refractivity contribution in [1.82, 2.24) is 4.90 Å². The third kappa shape index (κ3) is 5.27. The number of carbonyl (C=O) groups is 2. The van der Waals surface area contributed by atoms with Crippen molar-refractivity contribution in [3.05, 3.63) is 23.8 Å². The Morgan fingerprint density at radius 2 is 2.00 bits per heavy atom. The quantitative estimate of drug-likeness (QED) is 0.752. The molecule has 22 heavy (non-hydrogen) atoms. The van der Waals surface area contributed by atoms with Gasteiger partial charge in [0.1, 0.15) is 18.0 Å². The van der Waals surface area contributed by atoms with E-state index >= 15 is 0 Å². The zero-order chi connectivity index (χ0) is 16.7. The third-order valence-corrected chi connectivity index (χ3v) is 3.43. The summed E-state index contributed by atoms with van der Waals surface area (Å²) < 4.78 is 4.79. The molecule has 0 saturated carbocycles. The third-order valence-electron chi connectivity index (χ3n) is 3.43. The van der Waals surface area contributed by atoms with Crippen molar-refractivity contribution >= 4 is 11.9 Å². The number of rotatable bonds is 7. The highest BCUT2D eigenvalue weighted by molar-refractivity contribution is 5.81. The standard InChI is InChI=1S/C16H23NO5/c1-4-22-16(21)10-17(3)15(20)8-5-11(2)13-7-6-12(18)9-14(13)19/h6-7,9,11,18-19H,4-5,8,10H2,1-3H3. The molecule has 0 spiro atoms. The van der Waals surface area contributed by atoms with Gasteiger partial charge in [-0.1, -0.05) is 13.0 Å². The molecule has 1 rings (SSSR count). The number of carbonyl (C=O) groups excluding carboxylic acids is 2. The molecule has 1 aromatic carbocycles. The van der Waals surface area contributed by atoms with Crippen molar-refractivity contribution in [2.75, 3.05) is 20.2 Å². The molecular weight excluding hydrogens is 286 g/mol. The van der Waals surface area contributed by atoms with Gasteiger partial charge < -0.3 is 19.8 Å². The molecule has 0 radical (unpaired) electrons. The normalized spacial score (nSPS) is 11.8. The summed E-state index contributed by atoms with van der Waals surface area (Å²) in [7, 11) is 1.56. The molecule has 0 aliphatic rings. The van der Waals surface area contributed by atoms with Crippen LogP contribution in [0, 0.1) is 0 Å². The van der Waals surface area contributed by atoms with Gasteiger partial charge in [-0.2, -0.15) is 0 Å². The van der Waals surface area contributed by atoms with E-state index in [1.165, 1.54) is 17.0 Å². The average molecular weight is 309 g/mol. The fourth-order valence-electron chi connectivity index (χ4n) is 2.12. The van der Waals surface area contributed by atoms with Crippen LogP contribution in [0.15, 0.2) is 18.2 Å². The van der Waals surface area contributed by atoms with Crippen LogP contribution in [-0.2, 0) is 14.3 Å². The van der Waals surface area contributed by atoms with Gasteiger partial charge in [-0.3, -0.25) is 9.59 Å². The predicted molar refractivity (Wildman–Crippen MR) is 81.7 cm³/mol. The number of hydrogen-bond acceptors (Lipinski definition) is 5. The van der Waals surface area contributed by atoms with Crippen molar-refractivity contribution in [2.45, 2.75) is 32.6 Å². The summed E-state index contributed by atoms with van der Waals surface area (Å²) in [6, 6.07) is 4.42. The summed E-state index contributed by atoms with van der Waals surface area (Å²) in [6.07, 6.45) is 0.793. The first-order valence-electron chi connectivity index (χ1n) is 7.26. The molecule has 0 heterocycles. The van der Waals surface area contributed by atoms with E-state index in [1.54, 1.807) is 20.0 Å². The van der Waals surface area contributed by atoms with Gasteiger partial charge >= 0.3 is 5.97 Å². The summed E-state index contributed by atoms with van der Waals surface area (Å²) in [6.45, 7) is 3.83. The number of nitrogens with zero attached hydrogens (tertiary/aromatic N) is 1. The Balaban J connectivity index is 2.50. The van der Waals surface area contributed by atoms with Crippen LogP contribution in [0.25, 0.3) is 0 Å². The molecule has 1 unspecified atom stereocenters. The average Bonchev–Trinajstić information content (AvgIpc) is 2.44. The Hall–Kier alpha value is -2.24. The summed E-state index contributed by atoms with van der Waals surface area (Å²) >= 11 is 0. The Labute approximate surface area is 130 Å². The molecule has 0 saturated heterocycles. The minimum absolute atomic E-state index is 0.00121. The number of phenols is 2. The van der Waals surface area contributed by atoms with E-state index < -0.39 is 5.97 Å². The van der Waals surface area contributed by atoms with Crippen LogP contribution >= 0.6 is 0 Å². The van der Waals surface area contributed by atoms with Gasteiger partial charge in [-0.25, -0.2) is 0 Å². The topological polar surface area (TPSA) is 87.1 Å². The fourth-order valence-corrected chi connectivity index (χ4v) is 2.12. The number of aromatic hydroxyl groups is 2. The first-order chi connectivity index (χ1) is 10.3. The largest absolute Gasteiger partial charge is 0.508 e. The minimum atomic E-state index is -0.428. The van der Waals surface area contributed by atoms with E-state index in [4.69, 9.17) is 4.74 Å². The zero-order valence-electron chi connectivity index (χ0n) is 13.2. The molecule has 0 aliphatic heterocycles. The lowest BCUT2D eigenvalue weighted by Crippen LogP contribution is -2.33. The van der Waals surface area contributed by atoms with Crippen molar-refractivity contribution in [3.63, 3.8) is 0 Å². The summed E-state index contributed by atoms with van der Waals surface area (Å²) in [5.74, 6) is -0.611. The van der Waals surface area contributed by atoms with Crippen molar-refractivity contribution in [3.8, 4) is 11.5 Å². The number of benzene rings is 1. The molecule has 0 fully saturated rings. The van der Waals surface area contributed by atoms with E-state index in [9.17, 15) is 19.8 Å². The second-order valence-electron chi connectivity index (χ2n) is 5.24. The lowest BCUT2D eigenvalue weighted by Gasteiger charge is -2.18.